The van der Waals surface area contributed by atoms with Gasteiger partial charge in [0.25, 0.3) is 0 Å². The molecule has 0 saturated carbocycles. The van der Waals surface area contributed by atoms with Crippen LogP contribution in [0.15, 0.2) is 34.8 Å². The van der Waals surface area contributed by atoms with Crippen molar-refractivity contribution >= 4 is 32.7 Å². The first kappa shape index (κ1) is 10.1. The zero-order chi connectivity index (χ0) is 11.0. The minimum absolute atomic E-state index is 0.193. The van der Waals surface area contributed by atoms with Gasteiger partial charge in [-0.1, -0.05) is 24.3 Å². The lowest BCUT2D eigenvalue weighted by atomic mass is 10.1. The third-order valence-corrected chi connectivity index (χ3v) is 2.93. The second kappa shape index (κ2) is 3.62. The Morgan fingerprint density at radius 3 is 2.67 bits per heavy atom. The molecule has 0 unspecified atom stereocenters. The summed E-state index contributed by atoms with van der Waals surface area (Å²) in [6.45, 7) is 0. The maximum Gasteiger partial charge on any atom is 0.338 e. The molecule has 0 amide bonds. The van der Waals surface area contributed by atoms with Crippen molar-refractivity contribution in [3.63, 3.8) is 0 Å². The summed E-state index contributed by atoms with van der Waals surface area (Å²) in [5.74, 6) is -2.00. The summed E-state index contributed by atoms with van der Waals surface area (Å²) in [6, 6.07) is 8.35. The van der Waals surface area contributed by atoms with E-state index in [-0.39, 0.29) is 10.0 Å². The minimum Gasteiger partial charge on any atom is -0.478 e. The van der Waals surface area contributed by atoms with Crippen LogP contribution < -0.4 is 0 Å². The van der Waals surface area contributed by atoms with Crippen molar-refractivity contribution in [1.29, 1.82) is 0 Å². The van der Waals surface area contributed by atoms with Crippen LogP contribution in [0.4, 0.5) is 4.39 Å². The number of rotatable bonds is 1. The highest BCUT2D eigenvalue weighted by Crippen LogP contribution is 2.29. The molecule has 0 aliphatic rings. The molecule has 0 fully saturated rings. The Hall–Kier alpha value is -1.42. The van der Waals surface area contributed by atoms with Crippen molar-refractivity contribution in [2.24, 2.45) is 0 Å². The molecule has 2 aromatic carbocycles. The van der Waals surface area contributed by atoms with Gasteiger partial charge in [0.1, 0.15) is 0 Å². The Balaban J connectivity index is 2.88. The fourth-order valence-corrected chi connectivity index (χ4v) is 2.01. The van der Waals surface area contributed by atoms with Gasteiger partial charge in [0.05, 0.1) is 10.0 Å². The van der Waals surface area contributed by atoms with Crippen LogP contribution in [0.25, 0.3) is 10.8 Å². The molecule has 4 heteroatoms. The van der Waals surface area contributed by atoms with E-state index in [0.29, 0.717) is 10.8 Å². The van der Waals surface area contributed by atoms with Gasteiger partial charge < -0.3 is 5.11 Å². The van der Waals surface area contributed by atoms with Crippen LogP contribution >= 0.6 is 15.9 Å². The quantitative estimate of drug-likeness (QED) is 0.861. The van der Waals surface area contributed by atoms with Crippen molar-refractivity contribution < 1.29 is 14.3 Å². The van der Waals surface area contributed by atoms with E-state index in [1.807, 2.05) is 0 Å². The summed E-state index contributed by atoms with van der Waals surface area (Å²) in [6.07, 6.45) is 0. The molecular weight excluding hydrogens is 263 g/mol. The first-order chi connectivity index (χ1) is 7.11. The maximum absolute atomic E-state index is 13.6. The Morgan fingerprint density at radius 2 is 2.00 bits per heavy atom. The van der Waals surface area contributed by atoms with Gasteiger partial charge in [-0.2, -0.15) is 0 Å². The fourth-order valence-electron chi connectivity index (χ4n) is 1.43. The molecule has 1 N–H and O–H groups in total. The molecule has 0 aliphatic heterocycles. The van der Waals surface area contributed by atoms with Gasteiger partial charge in [0, 0.05) is 0 Å². The molecule has 15 heavy (non-hydrogen) atoms. The molecule has 0 radical (unpaired) electrons. The van der Waals surface area contributed by atoms with Gasteiger partial charge in [0.2, 0.25) is 0 Å². The standard InChI is InChI=1S/C11H6BrFO2/c12-9-7-4-2-1-3-6(7)5-8(10(9)13)11(14)15/h1-5H,(H,14,15). The molecule has 2 nitrogen and oxygen atoms in total. The summed E-state index contributed by atoms with van der Waals surface area (Å²) in [5.41, 5.74) is -0.319. The highest BCUT2D eigenvalue weighted by Gasteiger charge is 2.15. The van der Waals surface area contributed by atoms with Crippen LogP contribution in [0.5, 0.6) is 0 Å². The van der Waals surface area contributed by atoms with Crippen LogP contribution in [-0.2, 0) is 0 Å². The van der Waals surface area contributed by atoms with Gasteiger partial charge in [0.15, 0.2) is 5.82 Å². The molecule has 2 aromatic rings. The van der Waals surface area contributed by atoms with E-state index in [0.717, 1.165) is 0 Å². The second-order valence-corrected chi connectivity index (χ2v) is 3.87. The summed E-state index contributed by atoms with van der Waals surface area (Å²) in [5, 5.41) is 10.2. The van der Waals surface area contributed by atoms with Crippen LogP contribution in [0.2, 0.25) is 0 Å². The lowest BCUT2D eigenvalue weighted by molar-refractivity contribution is 0.0692. The average Bonchev–Trinajstić information content (AvgIpc) is 2.23. The lowest BCUT2D eigenvalue weighted by Gasteiger charge is -2.05. The van der Waals surface area contributed by atoms with Gasteiger partial charge in [-0.15, -0.1) is 0 Å². The molecule has 0 aromatic heterocycles. The van der Waals surface area contributed by atoms with Crippen LogP contribution in [-0.4, -0.2) is 11.1 Å². The highest BCUT2D eigenvalue weighted by molar-refractivity contribution is 9.10. The predicted molar refractivity (Wildman–Crippen MR) is 58.6 cm³/mol. The van der Waals surface area contributed by atoms with Crippen molar-refractivity contribution in [2.75, 3.05) is 0 Å². The number of hydrogen-bond acceptors (Lipinski definition) is 1. The largest absolute Gasteiger partial charge is 0.478 e. The normalized spacial score (nSPS) is 10.5. The Morgan fingerprint density at radius 1 is 1.33 bits per heavy atom. The molecular formula is C11H6BrFO2. The molecule has 0 saturated heterocycles. The SMILES string of the molecule is O=C(O)c1cc2ccccc2c(Br)c1F. The summed E-state index contributed by atoms with van der Waals surface area (Å²) in [4.78, 5) is 10.8. The Labute approximate surface area is 93.5 Å². The number of carboxylic acids is 1. The molecule has 0 heterocycles. The first-order valence-electron chi connectivity index (χ1n) is 4.21. The number of carboxylic acid groups (broad SMARTS) is 1. The van der Waals surface area contributed by atoms with Crippen molar-refractivity contribution in [3.05, 3.63) is 46.2 Å². The third-order valence-electron chi connectivity index (χ3n) is 2.16. The molecule has 0 aliphatic carbocycles. The maximum atomic E-state index is 13.6. The lowest BCUT2D eigenvalue weighted by Crippen LogP contribution is -2.01. The van der Waals surface area contributed by atoms with E-state index in [1.54, 1.807) is 24.3 Å². The van der Waals surface area contributed by atoms with Gasteiger partial charge in [-0.05, 0) is 32.8 Å². The van der Waals surface area contributed by atoms with Gasteiger partial charge in [-0.3, -0.25) is 0 Å². The number of carbonyl (C=O) groups is 1. The molecule has 0 bridgehead atoms. The zero-order valence-electron chi connectivity index (χ0n) is 7.50. The Kier molecular flexibility index (Phi) is 2.44. The monoisotopic (exact) mass is 268 g/mol. The predicted octanol–water partition coefficient (Wildman–Crippen LogP) is 3.44. The zero-order valence-corrected chi connectivity index (χ0v) is 9.08. The number of hydrogen-bond donors (Lipinski definition) is 1. The third kappa shape index (κ3) is 1.61. The van der Waals surface area contributed by atoms with E-state index in [4.69, 9.17) is 5.11 Å². The molecule has 76 valence electrons. The van der Waals surface area contributed by atoms with E-state index < -0.39 is 11.8 Å². The van der Waals surface area contributed by atoms with E-state index in [9.17, 15) is 9.18 Å². The van der Waals surface area contributed by atoms with Crippen molar-refractivity contribution in [1.82, 2.24) is 0 Å². The van der Waals surface area contributed by atoms with Crippen molar-refractivity contribution in [3.8, 4) is 0 Å². The summed E-state index contributed by atoms with van der Waals surface area (Å²) in [7, 11) is 0. The van der Waals surface area contributed by atoms with Crippen molar-refractivity contribution in [2.45, 2.75) is 0 Å². The molecule has 2 rings (SSSR count). The topological polar surface area (TPSA) is 37.3 Å². The molecule has 0 spiro atoms. The fraction of sp³-hybridized carbons (Fsp3) is 0. The number of benzene rings is 2. The first-order valence-corrected chi connectivity index (χ1v) is 5.00. The van der Waals surface area contributed by atoms with E-state index >= 15 is 0 Å². The van der Waals surface area contributed by atoms with Crippen LogP contribution in [0.3, 0.4) is 0 Å². The summed E-state index contributed by atoms with van der Waals surface area (Å²) < 4.78 is 13.7. The smallest absolute Gasteiger partial charge is 0.338 e. The number of halogens is 2. The van der Waals surface area contributed by atoms with Crippen LogP contribution in [0.1, 0.15) is 10.4 Å². The number of fused-ring (bicyclic) bond motifs is 1. The van der Waals surface area contributed by atoms with E-state index in [1.165, 1.54) is 6.07 Å². The minimum atomic E-state index is -1.26. The molecule has 0 atom stereocenters. The van der Waals surface area contributed by atoms with Gasteiger partial charge in [-0.25, -0.2) is 9.18 Å². The number of aromatic carboxylic acids is 1. The van der Waals surface area contributed by atoms with Crippen LogP contribution in [0, 0.1) is 5.82 Å². The average molecular weight is 269 g/mol. The van der Waals surface area contributed by atoms with E-state index in [2.05, 4.69) is 15.9 Å². The van der Waals surface area contributed by atoms with Gasteiger partial charge >= 0.3 is 5.97 Å². The summed E-state index contributed by atoms with van der Waals surface area (Å²) >= 11 is 3.06. The Bertz CT molecular complexity index is 552. The highest BCUT2D eigenvalue weighted by atomic mass is 79.9. The second-order valence-electron chi connectivity index (χ2n) is 3.08.